The Bertz CT molecular complexity index is 692. The zero-order chi connectivity index (χ0) is 21.1. The molecule has 6 nitrogen and oxygen atoms in total. The zero-order valence-corrected chi connectivity index (χ0v) is 19.5. The van der Waals surface area contributed by atoms with E-state index in [0.717, 1.165) is 32.2 Å². The van der Waals surface area contributed by atoms with Crippen molar-refractivity contribution in [2.24, 2.45) is 4.99 Å². The highest BCUT2D eigenvalue weighted by Gasteiger charge is 2.16. The molecule has 30 heavy (non-hydrogen) atoms. The smallest absolute Gasteiger partial charge is 0.387 e. The largest absolute Gasteiger partial charge is 0.434 e. The first-order valence-corrected chi connectivity index (χ1v) is 10.0. The Morgan fingerprint density at radius 1 is 1.27 bits per heavy atom. The number of alkyl halides is 2. The van der Waals surface area contributed by atoms with Gasteiger partial charge in [-0.3, -0.25) is 4.79 Å². The monoisotopic (exact) mass is 542 g/mol. The van der Waals surface area contributed by atoms with Crippen LogP contribution in [-0.4, -0.2) is 49.6 Å². The summed E-state index contributed by atoms with van der Waals surface area (Å²) in [5, 5.41) is 6.17. The molecule has 1 fully saturated rings. The van der Waals surface area contributed by atoms with Crippen molar-refractivity contribution < 1.29 is 22.7 Å². The van der Waals surface area contributed by atoms with Crippen LogP contribution in [0.25, 0.3) is 0 Å². The number of halogens is 4. The van der Waals surface area contributed by atoms with Crippen LogP contribution in [0.5, 0.6) is 5.75 Å². The number of hydrogen-bond donors (Lipinski definition) is 2. The molecule has 0 bridgehead atoms. The van der Waals surface area contributed by atoms with Crippen molar-refractivity contribution in [3.05, 3.63) is 29.6 Å². The van der Waals surface area contributed by atoms with Crippen LogP contribution in [0.2, 0.25) is 0 Å². The fourth-order valence-electron chi connectivity index (χ4n) is 3.15. The molecule has 0 spiro atoms. The van der Waals surface area contributed by atoms with Gasteiger partial charge in [-0.05, 0) is 38.3 Å². The Kier molecular flexibility index (Phi) is 12.6. The minimum Gasteiger partial charge on any atom is -0.434 e. The highest BCUT2D eigenvalue weighted by atomic mass is 127. The molecule has 0 saturated carbocycles. The standard InChI is InChI=1S/C20H29F3N4O2.HI/c1-2-24-20(25-11-7-13-27-12-5-3-4-10-18(27)28)26-14-15-16(21)8-6-9-17(15)29-19(22)23;/h6,8-9,19H,2-5,7,10-14H2,1H3,(H2,24,25,26);1H. The Morgan fingerprint density at radius 2 is 2.07 bits per heavy atom. The first-order valence-electron chi connectivity index (χ1n) is 10.0. The SMILES string of the molecule is CCNC(=NCc1c(F)cccc1OC(F)F)NCCCN1CCCCCC1=O.I. The number of likely N-dealkylation sites (tertiary alicyclic amines) is 1. The minimum absolute atomic E-state index is 0. The molecule has 2 N–H and O–H groups in total. The summed E-state index contributed by atoms with van der Waals surface area (Å²) in [6.45, 7) is 1.35. The van der Waals surface area contributed by atoms with Crippen LogP contribution in [-0.2, 0) is 11.3 Å². The predicted octanol–water partition coefficient (Wildman–Crippen LogP) is 3.89. The minimum atomic E-state index is -3.03. The van der Waals surface area contributed by atoms with Gasteiger partial charge in [-0.15, -0.1) is 24.0 Å². The molecule has 0 aliphatic carbocycles. The van der Waals surface area contributed by atoms with Gasteiger partial charge in [0.05, 0.1) is 12.1 Å². The number of nitrogens with one attached hydrogen (secondary N) is 2. The number of guanidine groups is 1. The number of nitrogens with zero attached hydrogens (tertiary/aromatic N) is 2. The molecule has 0 aromatic heterocycles. The average molecular weight is 542 g/mol. The predicted molar refractivity (Wildman–Crippen MR) is 121 cm³/mol. The van der Waals surface area contributed by atoms with Gasteiger partial charge in [0, 0.05) is 32.6 Å². The number of carbonyl (C=O) groups excluding carboxylic acids is 1. The van der Waals surface area contributed by atoms with Crippen LogP contribution in [0, 0.1) is 5.82 Å². The van der Waals surface area contributed by atoms with Gasteiger partial charge in [-0.1, -0.05) is 12.5 Å². The molecule has 1 saturated heterocycles. The Balaban J connectivity index is 0.00000450. The number of benzene rings is 1. The summed E-state index contributed by atoms with van der Waals surface area (Å²) < 4.78 is 43.5. The van der Waals surface area contributed by atoms with Gasteiger partial charge < -0.3 is 20.3 Å². The normalized spacial score (nSPS) is 14.9. The molecular weight excluding hydrogens is 512 g/mol. The second-order valence-corrected chi connectivity index (χ2v) is 6.76. The molecule has 1 aromatic rings. The maximum Gasteiger partial charge on any atom is 0.387 e. The summed E-state index contributed by atoms with van der Waals surface area (Å²) in [6, 6.07) is 3.79. The van der Waals surface area contributed by atoms with Gasteiger partial charge in [0.25, 0.3) is 0 Å². The second kappa shape index (κ2) is 14.3. The summed E-state index contributed by atoms with van der Waals surface area (Å²) in [6.07, 6.45) is 4.44. The molecule has 1 aromatic carbocycles. The van der Waals surface area contributed by atoms with Crippen LogP contribution in [0.1, 0.15) is 44.6 Å². The molecule has 0 unspecified atom stereocenters. The van der Waals surface area contributed by atoms with E-state index in [9.17, 15) is 18.0 Å². The molecular formula is C20H30F3IN4O2. The lowest BCUT2D eigenvalue weighted by Gasteiger charge is -2.20. The molecule has 1 aliphatic rings. The van der Waals surface area contributed by atoms with E-state index in [1.807, 2.05) is 11.8 Å². The third-order valence-corrected chi connectivity index (χ3v) is 4.60. The van der Waals surface area contributed by atoms with Gasteiger partial charge >= 0.3 is 6.61 Å². The van der Waals surface area contributed by atoms with E-state index in [1.54, 1.807) is 0 Å². The summed E-state index contributed by atoms with van der Waals surface area (Å²) in [5.74, 6) is -0.225. The lowest BCUT2D eigenvalue weighted by atomic mass is 10.2. The van der Waals surface area contributed by atoms with Crippen LogP contribution >= 0.6 is 24.0 Å². The number of ether oxygens (including phenoxy) is 1. The van der Waals surface area contributed by atoms with Crippen molar-refractivity contribution in [1.82, 2.24) is 15.5 Å². The third-order valence-electron chi connectivity index (χ3n) is 4.60. The summed E-state index contributed by atoms with van der Waals surface area (Å²) >= 11 is 0. The molecule has 1 heterocycles. The van der Waals surface area contributed by atoms with Crippen molar-refractivity contribution in [3.8, 4) is 5.75 Å². The van der Waals surface area contributed by atoms with E-state index in [-0.39, 0.29) is 47.7 Å². The van der Waals surface area contributed by atoms with Crippen molar-refractivity contribution in [2.45, 2.75) is 52.2 Å². The molecule has 0 radical (unpaired) electrons. The molecule has 10 heteroatoms. The van der Waals surface area contributed by atoms with E-state index in [0.29, 0.717) is 32.0 Å². The third kappa shape index (κ3) is 8.97. The number of hydrogen-bond acceptors (Lipinski definition) is 3. The van der Waals surface area contributed by atoms with E-state index in [2.05, 4.69) is 20.4 Å². The van der Waals surface area contributed by atoms with Gasteiger partial charge in [-0.2, -0.15) is 8.78 Å². The number of rotatable bonds is 9. The fraction of sp³-hybridized carbons (Fsp3) is 0.600. The molecule has 1 amide bonds. The van der Waals surface area contributed by atoms with Gasteiger partial charge in [0.2, 0.25) is 5.91 Å². The number of carbonyl (C=O) groups is 1. The van der Waals surface area contributed by atoms with Crippen LogP contribution in [0.4, 0.5) is 13.2 Å². The lowest BCUT2D eigenvalue weighted by molar-refractivity contribution is -0.130. The fourth-order valence-corrected chi connectivity index (χ4v) is 3.15. The zero-order valence-electron chi connectivity index (χ0n) is 17.1. The quantitative estimate of drug-likeness (QED) is 0.215. The Labute approximate surface area is 192 Å². The van der Waals surface area contributed by atoms with E-state index < -0.39 is 12.4 Å². The maximum absolute atomic E-state index is 14.0. The maximum atomic E-state index is 14.0. The second-order valence-electron chi connectivity index (χ2n) is 6.76. The summed E-state index contributed by atoms with van der Waals surface area (Å²) in [4.78, 5) is 18.2. The van der Waals surface area contributed by atoms with Crippen molar-refractivity contribution in [1.29, 1.82) is 0 Å². The van der Waals surface area contributed by atoms with E-state index in [1.165, 1.54) is 18.2 Å². The van der Waals surface area contributed by atoms with Crippen molar-refractivity contribution >= 4 is 35.8 Å². The highest BCUT2D eigenvalue weighted by molar-refractivity contribution is 14.0. The topological polar surface area (TPSA) is 66.0 Å². The molecule has 1 aliphatic heterocycles. The van der Waals surface area contributed by atoms with Gasteiger partial charge in [-0.25, -0.2) is 9.38 Å². The molecule has 170 valence electrons. The van der Waals surface area contributed by atoms with E-state index in [4.69, 9.17) is 0 Å². The van der Waals surface area contributed by atoms with Crippen LogP contribution < -0.4 is 15.4 Å². The first-order chi connectivity index (χ1) is 14.0. The number of amides is 1. The molecule has 2 rings (SSSR count). The van der Waals surface area contributed by atoms with Crippen LogP contribution in [0.3, 0.4) is 0 Å². The van der Waals surface area contributed by atoms with Gasteiger partial charge in [0.1, 0.15) is 11.6 Å². The Morgan fingerprint density at radius 3 is 2.80 bits per heavy atom. The summed E-state index contributed by atoms with van der Waals surface area (Å²) in [7, 11) is 0. The van der Waals surface area contributed by atoms with Crippen molar-refractivity contribution in [2.75, 3.05) is 26.2 Å². The van der Waals surface area contributed by atoms with E-state index >= 15 is 0 Å². The Hall–Kier alpha value is -1.72. The van der Waals surface area contributed by atoms with Gasteiger partial charge in [0.15, 0.2) is 5.96 Å². The number of aliphatic imine (C=N–C) groups is 1. The van der Waals surface area contributed by atoms with Crippen molar-refractivity contribution in [3.63, 3.8) is 0 Å². The van der Waals surface area contributed by atoms with Crippen LogP contribution in [0.15, 0.2) is 23.2 Å². The summed E-state index contributed by atoms with van der Waals surface area (Å²) in [5.41, 5.74) is -0.0276. The highest BCUT2D eigenvalue weighted by Crippen LogP contribution is 2.24. The average Bonchev–Trinajstić information content (AvgIpc) is 2.88. The first kappa shape index (κ1) is 26.3. The molecule has 0 atom stereocenters. The lowest BCUT2D eigenvalue weighted by Crippen LogP contribution is -2.39.